The molecule has 0 bridgehead atoms. The van der Waals surface area contributed by atoms with Crippen LogP contribution in [0.5, 0.6) is 0 Å². The number of carbonyl (C=O) groups excluding carboxylic acids is 1. The van der Waals surface area contributed by atoms with Gasteiger partial charge in [0.15, 0.2) is 6.54 Å². The summed E-state index contributed by atoms with van der Waals surface area (Å²) >= 11 is 5.80. The van der Waals surface area contributed by atoms with Gasteiger partial charge in [-0.2, -0.15) is 0 Å². The van der Waals surface area contributed by atoms with Crippen molar-refractivity contribution in [2.75, 3.05) is 44.6 Å². The molecule has 2 heterocycles. The molecule has 5 nitrogen and oxygen atoms in total. The van der Waals surface area contributed by atoms with E-state index in [-0.39, 0.29) is 5.91 Å². The molecule has 0 saturated carbocycles. The SMILES string of the molecule is O=C(C[NH+]1CC[NH+](C/C=C/c2ccccc2)CC1)Nc1ccc(Cl)cn1. The Morgan fingerprint density at radius 1 is 1.08 bits per heavy atom. The molecule has 1 fully saturated rings. The Hall–Kier alpha value is -2.21. The molecule has 0 unspecified atom stereocenters. The molecule has 1 amide bonds. The number of carbonyl (C=O) groups is 1. The van der Waals surface area contributed by atoms with Crippen LogP contribution in [0.25, 0.3) is 6.08 Å². The van der Waals surface area contributed by atoms with E-state index in [0.29, 0.717) is 17.4 Å². The summed E-state index contributed by atoms with van der Waals surface area (Å²) in [5.74, 6) is 0.552. The van der Waals surface area contributed by atoms with E-state index in [1.807, 2.05) is 6.07 Å². The number of piperazine rings is 1. The maximum Gasteiger partial charge on any atom is 0.280 e. The molecule has 1 aromatic heterocycles. The average Bonchev–Trinajstić information content (AvgIpc) is 2.66. The third-order valence-electron chi connectivity index (χ3n) is 4.59. The van der Waals surface area contributed by atoms with E-state index in [1.54, 1.807) is 17.0 Å². The molecule has 1 aliphatic heterocycles. The van der Waals surface area contributed by atoms with Gasteiger partial charge in [-0.1, -0.05) is 48.0 Å². The molecule has 0 atom stereocenters. The van der Waals surface area contributed by atoms with Gasteiger partial charge in [-0.05, 0) is 23.8 Å². The van der Waals surface area contributed by atoms with Crippen LogP contribution in [0.2, 0.25) is 5.02 Å². The number of halogens is 1. The Kier molecular flexibility index (Phi) is 6.77. The number of quaternary nitrogens is 2. The first-order chi connectivity index (χ1) is 12.7. The molecular weight excluding hydrogens is 348 g/mol. The monoisotopic (exact) mass is 372 g/mol. The molecule has 3 rings (SSSR count). The Morgan fingerprint density at radius 2 is 1.81 bits per heavy atom. The number of nitrogens with one attached hydrogen (secondary N) is 3. The van der Waals surface area contributed by atoms with Crippen LogP contribution in [0.3, 0.4) is 0 Å². The number of nitrogens with zero attached hydrogens (tertiary/aromatic N) is 1. The Balaban J connectivity index is 1.37. The Labute approximate surface area is 159 Å². The maximum absolute atomic E-state index is 12.2. The predicted molar refractivity (Wildman–Crippen MR) is 104 cm³/mol. The first-order valence-corrected chi connectivity index (χ1v) is 9.37. The van der Waals surface area contributed by atoms with Crippen molar-refractivity contribution in [2.45, 2.75) is 0 Å². The van der Waals surface area contributed by atoms with Crippen molar-refractivity contribution < 1.29 is 14.6 Å². The largest absolute Gasteiger partial charge is 0.322 e. The smallest absolute Gasteiger partial charge is 0.280 e. The van der Waals surface area contributed by atoms with Crippen molar-refractivity contribution in [3.8, 4) is 0 Å². The molecule has 0 spiro atoms. The lowest BCUT2D eigenvalue weighted by Gasteiger charge is -2.28. The highest BCUT2D eigenvalue weighted by atomic mass is 35.5. The third-order valence-corrected chi connectivity index (χ3v) is 4.81. The molecule has 0 aliphatic carbocycles. The van der Waals surface area contributed by atoms with Gasteiger partial charge in [0.2, 0.25) is 0 Å². The number of anilines is 1. The number of pyridine rings is 1. The number of benzene rings is 1. The minimum Gasteiger partial charge on any atom is -0.322 e. The van der Waals surface area contributed by atoms with Gasteiger partial charge >= 0.3 is 0 Å². The summed E-state index contributed by atoms with van der Waals surface area (Å²) in [6.07, 6.45) is 5.96. The molecule has 3 N–H and O–H groups in total. The van der Waals surface area contributed by atoms with Crippen molar-refractivity contribution in [1.29, 1.82) is 0 Å². The standard InChI is InChI=1S/C20H23ClN4O/c21-18-8-9-19(22-15-18)23-20(26)16-25-13-11-24(12-14-25)10-4-7-17-5-2-1-3-6-17/h1-9,15H,10-14,16H2,(H,22,23,26)/p+2/b7-4+. The molecule has 136 valence electrons. The van der Waals surface area contributed by atoms with Gasteiger partial charge in [0, 0.05) is 6.20 Å². The summed E-state index contributed by atoms with van der Waals surface area (Å²) in [6, 6.07) is 13.8. The van der Waals surface area contributed by atoms with Crippen LogP contribution < -0.4 is 15.1 Å². The highest BCUT2D eigenvalue weighted by molar-refractivity contribution is 6.30. The molecule has 1 aliphatic rings. The zero-order chi connectivity index (χ0) is 18.2. The molecule has 2 aromatic rings. The topological polar surface area (TPSA) is 50.9 Å². The summed E-state index contributed by atoms with van der Waals surface area (Å²) < 4.78 is 0. The van der Waals surface area contributed by atoms with Crippen molar-refractivity contribution in [2.24, 2.45) is 0 Å². The van der Waals surface area contributed by atoms with Crippen LogP contribution in [0.4, 0.5) is 5.82 Å². The van der Waals surface area contributed by atoms with Crippen molar-refractivity contribution in [1.82, 2.24) is 4.98 Å². The summed E-state index contributed by atoms with van der Waals surface area (Å²) in [6.45, 7) is 5.70. The fraction of sp³-hybridized carbons (Fsp3) is 0.300. The molecular formula is C20H25ClN4O+2. The second-order valence-corrected chi connectivity index (χ2v) is 7.04. The van der Waals surface area contributed by atoms with Crippen molar-refractivity contribution in [3.63, 3.8) is 0 Å². The summed E-state index contributed by atoms with van der Waals surface area (Å²) in [5, 5.41) is 3.40. The van der Waals surface area contributed by atoms with Crippen LogP contribution in [0.15, 0.2) is 54.7 Å². The van der Waals surface area contributed by atoms with E-state index >= 15 is 0 Å². The van der Waals surface area contributed by atoms with Crippen LogP contribution in [-0.4, -0.2) is 50.2 Å². The van der Waals surface area contributed by atoms with E-state index < -0.39 is 0 Å². The quantitative estimate of drug-likeness (QED) is 0.677. The Bertz CT molecular complexity index is 725. The van der Waals surface area contributed by atoms with Gasteiger partial charge in [0.1, 0.15) is 32.0 Å². The second-order valence-electron chi connectivity index (χ2n) is 6.60. The molecule has 6 heteroatoms. The van der Waals surface area contributed by atoms with Crippen LogP contribution in [0, 0.1) is 0 Å². The average molecular weight is 373 g/mol. The van der Waals surface area contributed by atoms with Gasteiger partial charge in [-0.25, -0.2) is 4.98 Å². The number of hydrogen-bond acceptors (Lipinski definition) is 2. The van der Waals surface area contributed by atoms with Gasteiger partial charge < -0.3 is 15.1 Å². The predicted octanol–water partition coefficient (Wildman–Crippen LogP) is 0.170. The van der Waals surface area contributed by atoms with Gasteiger partial charge in [0.05, 0.1) is 11.6 Å². The van der Waals surface area contributed by atoms with E-state index in [0.717, 1.165) is 32.7 Å². The minimum absolute atomic E-state index is 0.00208. The van der Waals surface area contributed by atoms with Crippen LogP contribution in [0.1, 0.15) is 5.56 Å². The fourth-order valence-electron chi connectivity index (χ4n) is 3.13. The zero-order valence-corrected chi connectivity index (χ0v) is 15.5. The van der Waals surface area contributed by atoms with E-state index in [1.165, 1.54) is 16.7 Å². The van der Waals surface area contributed by atoms with E-state index in [4.69, 9.17) is 11.6 Å². The number of rotatable bonds is 6. The maximum atomic E-state index is 12.2. The van der Waals surface area contributed by atoms with Gasteiger partial charge in [0.25, 0.3) is 5.91 Å². The van der Waals surface area contributed by atoms with E-state index in [2.05, 4.69) is 46.7 Å². The van der Waals surface area contributed by atoms with Crippen LogP contribution >= 0.6 is 11.6 Å². The summed E-state index contributed by atoms with van der Waals surface area (Å²) in [4.78, 5) is 19.1. The molecule has 1 saturated heterocycles. The first kappa shape index (κ1) is 18.6. The summed E-state index contributed by atoms with van der Waals surface area (Å²) in [5.41, 5.74) is 1.24. The lowest BCUT2D eigenvalue weighted by molar-refractivity contribution is -1.01. The zero-order valence-electron chi connectivity index (χ0n) is 14.7. The highest BCUT2D eigenvalue weighted by Gasteiger charge is 2.24. The second kappa shape index (κ2) is 9.48. The van der Waals surface area contributed by atoms with Gasteiger partial charge in [-0.15, -0.1) is 0 Å². The number of aromatic nitrogens is 1. The molecule has 26 heavy (non-hydrogen) atoms. The lowest BCUT2D eigenvalue weighted by Crippen LogP contribution is -3.28. The van der Waals surface area contributed by atoms with Crippen molar-refractivity contribution >= 4 is 29.4 Å². The number of amides is 1. The molecule has 0 radical (unpaired) electrons. The minimum atomic E-state index is 0.00208. The number of hydrogen-bond donors (Lipinski definition) is 3. The van der Waals surface area contributed by atoms with Gasteiger partial charge in [-0.3, -0.25) is 4.79 Å². The highest BCUT2D eigenvalue weighted by Crippen LogP contribution is 2.08. The third kappa shape index (κ3) is 5.95. The summed E-state index contributed by atoms with van der Waals surface area (Å²) in [7, 11) is 0. The fourth-order valence-corrected chi connectivity index (χ4v) is 3.24. The lowest BCUT2D eigenvalue weighted by atomic mass is 10.2. The van der Waals surface area contributed by atoms with Crippen LogP contribution in [-0.2, 0) is 4.79 Å². The van der Waals surface area contributed by atoms with E-state index in [9.17, 15) is 4.79 Å². The Morgan fingerprint density at radius 3 is 2.50 bits per heavy atom. The molecule has 1 aromatic carbocycles. The normalized spacial score (nSPS) is 20.2. The van der Waals surface area contributed by atoms with Crippen molar-refractivity contribution in [3.05, 3.63) is 65.3 Å². The first-order valence-electron chi connectivity index (χ1n) is 8.99.